The van der Waals surface area contributed by atoms with Crippen LogP contribution in [0.15, 0.2) is 39.4 Å². The molecular weight excluding hydrogens is 406 g/mol. The van der Waals surface area contributed by atoms with E-state index < -0.39 is 0 Å². The van der Waals surface area contributed by atoms with Gasteiger partial charge in [-0.3, -0.25) is 14.5 Å². The lowest BCUT2D eigenvalue weighted by Crippen LogP contribution is -2.62. The van der Waals surface area contributed by atoms with Crippen molar-refractivity contribution >= 4 is 40.6 Å². The lowest BCUT2D eigenvalue weighted by molar-refractivity contribution is -0.114. The topological polar surface area (TPSA) is 81.7 Å². The number of rotatable bonds is 5. The average molecular weight is 432 g/mol. The average Bonchev–Trinajstić information content (AvgIpc) is 3.16. The van der Waals surface area contributed by atoms with Gasteiger partial charge in [-0.25, -0.2) is 0 Å². The van der Waals surface area contributed by atoms with Gasteiger partial charge < -0.3 is 15.7 Å². The molecule has 0 spiro atoms. The van der Waals surface area contributed by atoms with Crippen LogP contribution in [0.5, 0.6) is 5.75 Å². The Kier molecular flexibility index (Phi) is 5.85. The summed E-state index contributed by atoms with van der Waals surface area (Å²) >= 11 is 2.78. The number of carbonyl (C=O) groups is 2. The maximum atomic E-state index is 12.8. The van der Waals surface area contributed by atoms with Crippen LogP contribution in [0.2, 0.25) is 0 Å². The Morgan fingerprint density at radius 2 is 2.00 bits per heavy atom. The van der Waals surface area contributed by atoms with Gasteiger partial charge in [-0.1, -0.05) is 11.8 Å². The molecule has 2 amide bonds. The predicted molar refractivity (Wildman–Crippen MR) is 116 cm³/mol. The molecule has 0 unspecified atom stereocenters. The second-order valence-corrected chi connectivity index (χ2v) is 9.75. The highest BCUT2D eigenvalue weighted by molar-refractivity contribution is 7.99. The number of phenols is 1. The van der Waals surface area contributed by atoms with Crippen molar-refractivity contribution in [3.8, 4) is 5.75 Å². The van der Waals surface area contributed by atoms with Gasteiger partial charge in [0.1, 0.15) is 5.75 Å². The summed E-state index contributed by atoms with van der Waals surface area (Å²) < 4.78 is 0. The fraction of sp³-hybridized carbons (Fsp3) is 0.429. The third-order valence-electron chi connectivity index (χ3n) is 5.78. The smallest absolute Gasteiger partial charge is 0.261 e. The molecule has 3 aliphatic heterocycles. The molecule has 3 saturated heterocycles. The molecule has 2 atom stereocenters. The molecule has 1 aromatic heterocycles. The van der Waals surface area contributed by atoms with Gasteiger partial charge in [0, 0.05) is 35.0 Å². The molecule has 3 aliphatic rings. The number of nitrogens with zero attached hydrogens (tertiary/aromatic N) is 1. The SMILES string of the molecule is CC(=O)Nc1ccc(O)c(Sc2csc(C(=O)N[C@@H]3C4CCN(CC4)[C@H]3C)c2)c1. The van der Waals surface area contributed by atoms with Crippen molar-refractivity contribution < 1.29 is 14.7 Å². The second kappa shape index (κ2) is 8.38. The first-order valence-corrected chi connectivity index (χ1v) is 11.5. The van der Waals surface area contributed by atoms with Gasteiger partial charge in [0.05, 0.1) is 9.77 Å². The lowest BCUT2D eigenvalue weighted by Gasteiger charge is -2.49. The van der Waals surface area contributed by atoms with Gasteiger partial charge in [0.15, 0.2) is 0 Å². The van der Waals surface area contributed by atoms with Crippen molar-refractivity contribution in [2.45, 2.75) is 48.6 Å². The van der Waals surface area contributed by atoms with E-state index in [0.717, 1.165) is 30.8 Å². The van der Waals surface area contributed by atoms with Gasteiger partial charge in [-0.15, -0.1) is 11.3 Å². The van der Waals surface area contributed by atoms with E-state index in [1.165, 1.54) is 30.0 Å². The molecule has 3 N–H and O–H groups in total. The normalized spacial score (nSPS) is 25.6. The van der Waals surface area contributed by atoms with E-state index >= 15 is 0 Å². The maximum absolute atomic E-state index is 12.8. The summed E-state index contributed by atoms with van der Waals surface area (Å²) in [7, 11) is 0. The number of carbonyl (C=O) groups excluding carboxylic acids is 2. The van der Waals surface area contributed by atoms with Gasteiger partial charge in [0.25, 0.3) is 5.91 Å². The van der Waals surface area contributed by atoms with Gasteiger partial charge in [0.2, 0.25) is 5.91 Å². The third-order valence-corrected chi connectivity index (χ3v) is 7.88. The molecule has 2 bridgehead atoms. The Labute approximate surface area is 178 Å². The van der Waals surface area contributed by atoms with E-state index in [-0.39, 0.29) is 23.6 Å². The van der Waals surface area contributed by atoms with Crippen LogP contribution < -0.4 is 10.6 Å². The summed E-state index contributed by atoms with van der Waals surface area (Å²) in [5.41, 5.74) is 0.627. The van der Waals surface area contributed by atoms with E-state index in [9.17, 15) is 14.7 Å². The van der Waals surface area contributed by atoms with Gasteiger partial charge in [-0.2, -0.15) is 0 Å². The van der Waals surface area contributed by atoms with Crippen molar-refractivity contribution in [2.75, 3.05) is 18.4 Å². The zero-order chi connectivity index (χ0) is 20.5. The molecule has 6 nitrogen and oxygen atoms in total. The number of aromatic hydroxyl groups is 1. The van der Waals surface area contributed by atoms with Crippen molar-refractivity contribution in [2.24, 2.45) is 5.92 Å². The zero-order valence-electron chi connectivity index (χ0n) is 16.5. The first kappa shape index (κ1) is 20.3. The number of thiophene rings is 1. The number of benzene rings is 1. The van der Waals surface area contributed by atoms with Crippen LogP contribution in [0.1, 0.15) is 36.4 Å². The molecule has 0 aliphatic carbocycles. The molecule has 3 fully saturated rings. The maximum Gasteiger partial charge on any atom is 0.261 e. The van der Waals surface area contributed by atoms with Crippen molar-refractivity contribution in [3.05, 3.63) is 34.5 Å². The number of piperidine rings is 3. The monoisotopic (exact) mass is 431 g/mol. The first-order valence-electron chi connectivity index (χ1n) is 9.82. The molecule has 29 heavy (non-hydrogen) atoms. The minimum atomic E-state index is -0.164. The summed E-state index contributed by atoms with van der Waals surface area (Å²) in [6, 6.07) is 7.40. The zero-order valence-corrected chi connectivity index (χ0v) is 18.1. The highest BCUT2D eigenvalue weighted by Crippen LogP contribution is 2.38. The first-order chi connectivity index (χ1) is 13.9. The van der Waals surface area contributed by atoms with Crippen LogP contribution in [-0.2, 0) is 4.79 Å². The van der Waals surface area contributed by atoms with Crippen LogP contribution in [0.3, 0.4) is 0 Å². The molecule has 0 saturated carbocycles. The molecule has 1 aromatic carbocycles. The summed E-state index contributed by atoms with van der Waals surface area (Å²) in [5.74, 6) is 0.524. The fourth-order valence-corrected chi connectivity index (χ4v) is 6.14. The molecule has 8 heteroatoms. The number of hydrogen-bond acceptors (Lipinski definition) is 6. The van der Waals surface area contributed by atoms with Crippen LogP contribution >= 0.6 is 23.1 Å². The van der Waals surface area contributed by atoms with E-state index in [0.29, 0.717) is 27.4 Å². The van der Waals surface area contributed by atoms with Crippen LogP contribution in [0, 0.1) is 5.92 Å². The second-order valence-electron chi connectivity index (χ2n) is 7.73. The van der Waals surface area contributed by atoms with Crippen molar-refractivity contribution in [1.82, 2.24) is 10.2 Å². The van der Waals surface area contributed by atoms with E-state index in [1.54, 1.807) is 18.2 Å². The number of phenolic OH excluding ortho intramolecular Hbond substituents is 1. The Hall–Kier alpha value is -2.03. The summed E-state index contributed by atoms with van der Waals surface area (Å²) in [4.78, 5) is 28.7. The summed E-state index contributed by atoms with van der Waals surface area (Å²) in [5, 5.41) is 18.0. The summed E-state index contributed by atoms with van der Waals surface area (Å²) in [6.07, 6.45) is 2.31. The minimum absolute atomic E-state index is 0.0244. The largest absolute Gasteiger partial charge is 0.507 e. The molecular formula is C21H25N3O3S2. The minimum Gasteiger partial charge on any atom is -0.507 e. The molecule has 5 rings (SSSR count). The van der Waals surface area contributed by atoms with Gasteiger partial charge in [-0.05, 0) is 63.0 Å². The van der Waals surface area contributed by atoms with Crippen LogP contribution in [0.4, 0.5) is 5.69 Å². The Morgan fingerprint density at radius 1 is 1.24 bits per heavy atom. The third kappa shape index (κ3) is 4.44. The highest BCUT2D eigenvalue weighted by atomic mass is 32.2. The predicted octanol–water partition coefficient (Wildman–Crippen LogP) is 3.78. The Morgan fingerprint density at radius 3 is 2.69 bits per heavy atom. The molecule has 154 valence electrons. The van der Waals surface area contributed by atoms with Crippen LogP contribution in [-0.4, -0.2) is 47.0 Å². The molecule has 2 aromatic rings. The lowest BCUT2D eigenvalue weighted by atomic mass is 9.79. The Balaban J connectivity index is 1.43. The number of anilines is 1. The van der Waals surface area contributed by atoms with E-state index in [2.05, 4.69) is 22.5 Å². The van der Waals surface area contributed by atoms with Crippen LogP contribution in [0.25, 0.3) is 0 Å². The number of hydrogen-bond donors (Lipinski definition) is 3. The molecule has 4 heterocycles. The Bertz CT molecular complexity index is 920. The van der Waals surface area contributed by atoms with Crippen molar-refractivity contribution in [1.29, 1.82) is 0 Å². The fourth-order valence-electron chi connectivity index (χ4n) is 4.26. The van der Waals surface area contributed by atoms with Gasteiger partial charge >= 0.3 is 0 Å². The number of amides is 2. The quantitative estimate of drug-likeness (QED) is 0.628. The number of fused-ring (bicyclic) bond motifs is 3. The summed E-state index contributed by atoms with van der Waals surface area (Å²) in [6.45, 7) is 5.92. The molecule has 0 radical (unpaired) electrons. The van der Waals surface area contributed by atoms with Crippen molar-refractivity contribution in [3.63, 3.8) is 0 Å². The van der Waals surface area contributed by atoms with E-state index in [4.69, 9.17) is 0 Å². The highest BCUT2D eigenvalue weighted by Gasteiger charge is 2.40. The number of nitrogens with one attached hydrogen (secondary N) is 2. The van der Waals surface area contributed by atoms with E-state index in [1.807, 2.05) is 11.4 Å². The standard InChI is InChI=1S/C21H25N3O3S2/c1-12-20(14-5-7-24(12)8-6-14)23-21(27)19-10-16(11-28-19)29-18-9-15(22-13(2)25)3-4-17(18)26/h3-4,9-12,14,20,26H,5-8H2,1-2H3,(H,22,25)(H,23,27)/t12-,20-/m0/s1.